The number of aromatic nitrogens is 6. The van der Waals surface area contributed by atoms with Gasteiger partial charge in [0.1, 0.15) is 0 Å². The van der Waals surface area contributed by atoms with E-state index in [1.54, 1.807) is 0 Å². The van der Waals surface area contributed by atoms with Crippen LogP contribution in [0.25, 0.3) is 188 Å². The molecule has 7 heteroatoms. The Morgan fingerprint density at radius 3 is 1.02 bits per heavy atom. The Morgan fingerprint density at radius 2 is 0.550 bits per heavy atom. The molecule has 0 atom stereocenters. The molecule has 100 heavy (non-hydrogen) atoms. The summed E-state index contributed by atoms with van der Waals surface area (Å²) in [5.41, 5.74) is 25.7. The van der Waals surface area contributed by atoms with Crippen molar-refractivity contribution in [3.8, 4) is 96.1 Å². The predicted octanol–water partition coefficient (Wildman–Crippen LogP) is 23.9. The zero-order valence-electron chi connectivity index (χ0n) is 54.0. The van der Waals surface area contributed by atoms with Crippen molar-refractivity contribution in [2.75, 3.05) is 0 Å². The van der Waals surface area contributed by atoms with Crippen molar-refractivity contribution < 1.29 is 0 Å². The molecular weight excluding hydrogens is 1220 g/mol. The lowest BCUT2D eigenvalue weighted by Gasteiger charge is -2.13. The van der Waals surface area contributed by atoms with Crippen LogP contribution in [0.2, 0.25) is 0 Å². The standard InChI is InChI=1S/C93H57N7/c94-58-59-30-32-61(33-31-59)83-57-84(70-39-38-65-52-74(45-40-64(65)50-70)100-88-29-14-10-25-78(88)82-56-69(44-49-92(82)100)67-42-47-90-80(54-67)76-23-8-12-27-86(76)98(90)72-19-5-2-6-20-72)96-93(95-83)62-36-34-60(35-37-62)63-16-15-21-73(51-63)99-87-28-13-9-24-77(87)81-55-68(43-48-91(81)99)66-41-46-89-79(53-66)75-22-7-11-26-85(75)97(89)71-17-3-1-4-18-71/h1-57H. The molecule has 0 aliphatic heterocycles. The summed E-state index contributed by atoms with van der Waals surface area (Å²) >= 11 is 0. The van der Waals surface area contributed by atoms with Crippen molar-refractivity contribution in [3.05, 3.63) is 351 Å². The predicted molar refractivity (Wildman–Crippen MR) is 414 cm³/mol. The van der Waals surface area contributed by atoms with Crippen LogP contribution < -0.4 is 0 Å². The fourth-order valence-electron chi connectivity index (χ4n) is 15.6. The summed E-state index contributed by atoms with van der Waals surface area (Å²) in [5, 5.41) is 21.7. The Kier molecular flexibility index (Phi) is 12.9. The Bertz CT molecular complexity index is 6760. The molecule has 5 aromatic heterocycles. The Balaban J connectivity index is 0.619. The highest BCUT2D eigenvalue weighted by Gasteiger charge is 2.21. The lowest BCUT2D eigenvalue weighted by atomic mass is 10.0. The van der Waals surface area contributed by atoms with Crippen LogP contribution >= 0.6 is 0 Å². The Hall–Kier alpha value is -13.7. The molecule has 464 valence electrons. The first-order valence-electron chi connectivity index (χ1n) is 33.9. The van der Waals surface area contributed by atoms with Gasteiger partial charge in [-0.3, -0.25) is 0 Å². The van der Waals surface area contributed by atoms with Crippen LogP contribution in [0.1, 0.15) is 5.56 Å². The first-order valence-corrected chi connectivity index (χ1v) is 33.9. The molecule has 20 aromatic rings. The zero-order chi connectivity index (χ0) is 65.9. The lowest BCUT2D eigenvalue weighted by Crippen LogP contribution is -1.97. The van der Waals surface area contributed by atoms with Crippen molar-refractivity contribution in [2.45, 2.75) is 0 Å². The van der Waals surface area contributed by atoms with Gasteiger partial charge in [0, 0.05) is 82.5 Å². The van der Waals surface area contributed by atoms with Gasteiger partial charge in [-0.05, 0) is 190 Å². The number of rotatable bonds is 10. The SMILES string of the molecule is N#Cc1ccc(-c2cc(-c3ccc4cc(-n5c6ccccc6c6cc(-c7ccc8c(c7)c7ccccc7n8-c7ccccc7)ccc65)ccc4c3)nc(-c3ccc(-c4cccc(-n5c6ccccc6c6cc(-c7ccc8c(c7)c7ccccc7n8-c7ccccc7)ccc65)c4)cc3)n2)cc1. The van der Waals surface area contributed by atoms with Gasteiger partial charge in [-0.2, -0.15) is 5.26 Å². The van der Waals surface area contributed by atoms with E-state index in [1.165, 1.54) is 87.4 Å². The fraction of sp³-hybridized carbons (Fsp3) is 0. The maximum Gasteiger partial charge on any atom is 0.160 e. The van der Waals surface area contributed by atoms with E-state index in [9.17, 15) is 5.26 Å². The second kappa shape index (κ2) is 22.7. The summed E-state index contributed by atoms with van der Waals surface area (Å²) in [6.45, 7) is 0. The minimum Gasteiger partial charge on any atom is -0.309 e. The molecule has 7 nitrogen and oxygen atoms in total. The van der Waals surface area contributed by atoms with Crippen LogP contribution in [0.15, 0.2) is 346 Å². The minimum atomic E-state index is 0.594. The molecule has 0 radical (unpaired) electrons. The summed E-state index contributed by atoms with van der Waals surface area (Å²) in [5.74, 6) is 0.613. The molecule has 0 aliphatic carbocycles. The number of nitrogens with zero attached hydrogens (tertiary/aromatic N) is 7. The molecule has 0 bridgehead atoms. The highest BCUT2D eigenvalue weighted by atomic mass is 15.0. The molecule has 0 aliphatic rings. The van der Waals surface area contributed by atoms with Gasteiger partial charge in [0.15, 0.2) is 5.82 Å². The van der Waals surface area contributed by atoms with Crippen LogP contribution in [-0.2, 0) is 0 Å². The van der Waals surface area contributed by atoms with Gasteiger partial charge in [0.25, 0.3) is 0 Å². The van der Waals surface area contributed by atoms with Crippen LogP contribution in [0.3, 0.4) is 0 Å². The number of fused-ring (bicyclic) bond motifs is 13. The van der Waals surface area contributed by atoms with Crippen molar-refractivity contribution in [1.29, 1.82) is 5.26 Å². The summed E-state index contributed by atoms with van der Waals surface area (Å²) in [4.78, 5) is 10.6. The van der Waals surface area contributed by atoms with Crippen molar-refractivity contribution in [3.63, 3.8) is 0 Å². The largest absolute Gasteiger partial charge is 0.309 e. The number of para-hydroxylation sites is 6. The quantitative estimate of drug-likeness (QED) is 0.137. The second-order valence-electron chi connectivity index (χ2n) is 26.0. The molecule has 20 rings (SSSR count). The molecule has 0 unspecified atom stereocenters. The summed E-state index contributed by atoms with van der Waals surface area (Å²) in [7, 11) is 0. The first-order chi connectivity index (χ1) is 49.5. The van der Waals surface area contributed by atoms with E-state index in [-0.39, 0.29) is 0 Å². The van der Waals surface area contributed by atoms with Gasteiger partial charge >= 0.3 is 0 Å². The first kappa shape index (κ1) is 56.7. The lowest BCUT2D eigenvalue weighted by molar-refractivity contribution is 1.18. The average Bonchev–Trinajstić information content (AvgIpc) is 1.59. The van der Waals surface area contributed by atoms with E-state index in [0.29, 0.717) is 11.4 Å². The fourth-order valence-corrected chi connectivity index (χ4v) is 15.6. The summed E-state index contributed by atoms with van der Waals surface area (Å²) in [6, 6.07) is 127. The van der Waals surface area contributed by atoms with Crippen molar-refractivity contribution >= 4 is 98.0 Å². The monoisotopic (exact) mass is 1270 g/mol. The molecule has 15 aromatic carbocycles. The van der Waals surface area contributed by atoms with Crippen LogP contribution in [0.5, 0.6) is 0 Å². The van der Waals surface area contributed by atoms with E-state index in [4.69, 9.17) is 9.97 Å². The van der Waals surface area contributed by atoms with Gasteiger partial charge < -0.3 is 18.3 Å². The Morgan fingerprint density at radius 1 is 0.210 bits per heavy atom. The Labute approximate surface area is 575 Å². The van der Waals surface area contributed by atoms with E-state index >= 15 is 0 Å². The molecule has 5 heterocycles. The third-order valence-electron chi connectivity index (χ3n) is 20.4. The van der Waals surface area contributed by atoms with Gasteiger partial charge in [-0.25, -0.2) is 9.97 Å². The average molecular weight is 1270 g/mol. The number of hydrogen-bond donors (Lipinski definition) is 0. The number of hydrogen-bond acceptors (Lipinski definition) is 3. The number of nitriles is 1. The number of benzene rings is 15. The van der Waals surface area contributed by atoms with Gasteiger partial charge in [0.05, 0.1) is 67.2 Å². The van der Waals surface area contributed by atoms with Gasteiger partial charge in [-0.1, -0.05) is 200 Å². The molecule has 0 amide bonds. The molecule has 0 saturated heterocycles. The van der Waals surface area contributed by atoms with Crippen molar-refractivity contribution in [2.24, 2.45) is 0 Å². The summed E-state index contributed by atoms with van der Waals surface area (Å²) in [6.07, 6.45) is 0. The highest BCUT2D eigenvalue weighted by molar-refractivity contribution is 6.15. The van der Waals surface area contributed by atoms with E-state index in [2.05, 4.69) is 346 Å². The van der Waals surface area contributed by atoms with Gasteiger partial charge in [-0.15, -0.1) is 0 Å². The molecule has 0 saturated carbocycles. The zero-order valence-corrected chi connectivity index (χ0v) is 54.0. The van der Waals surface area contributed by atoms with Crippen LogP contribution in [0, 0.1) is 11.3 Å². The molecule has 0 N–H and O–H groups in total. The van der Waals surface area contributed by atoms with Crippen LogP contribution in [-0.4, -0.2) is 28.2 Å². The molecule has 0 fully saturated rings. The van der Waals surface area contributed by atoms with E-state index in [0.717, 1.165) is 94.8 Å². The molecular formula is C93H57N7. The van der Waals surface area contributed by atoms with Crippen LogP contribution in [0.4, 0.5) is 0 Å². The maximum absolute atomic E-state index is 9.75. The summed E-state index contributed by atoms with van der Waals surface area (Å²) < 4.78 is 9.53. The molecule has 0 spiro atoms. The third-order valence-corrected chi connectivity index (χ3v) is 20.4. The van der Waals surface area contributed by atoms with Gasteiger partial charge in [0.2, 0.25) is 0 Å². The third kappa shape index (κ3) is 9.20. The smallest absolute Gasteiger partial charge is 0.160 e. The minimum absolute atomic E-state index is 0.594. The van der Waals surface area contributed by atoms with E-state index in [1.807, 2.05) is 24.3 Å². The van der Waals surface area contributed by atoms with Crippen molar-refractivity contribution in [1.82, 2.24) is 28.2 Å². The second-order valence-corrected chi connectivity index (χ2v) is 26.0. The highest BCUT2D eigenvalue weighted by Crippen LogP contribution is 2.43. The topological polar surface area (TPSA) is 69.3 Å². The maximum atomic E-state index is 9.75. The van der Waals surface area contributed by atoms with E-state index < -0.39 is 0 Å². The normalized spacial score (nSPS) is 11.8.